The molecule has 2 aromatic carbocycles. The molecule has 0 unspecified atom stereocenters. The molecule has 1 atom stereocenters. The second-order valence-electron chi connectivity index (χ2n) is 7.82. The van der Waals surface area contributed by atoms with Gasteiger partial charge >= 0.3 is 0 Å². The number of aryl methyl sites for hydroxylation is 1. The van der Waals surface area contributed by atoms with Gasteiger partial charge in [0.25, 0.3) is 5.91 Å². The molecule has 1 saturated heterocycles. The molecular weight excluding hydrogens is 508 g/mol. The molecule has 0 radical (unpaired) electrons. The molecule has 12 heteroatoms. The Labute approximate surface area is 208 Å². The van der Waals surface area contributed by atoms with Crippen molar-refractivity contribution in [1.29, 1.82) is 0 Å². The first kappa shape index (κ1) is 25.2. The molecule has 1 fully saturated rings. The van der Waals surface area contributed by atoms with Crippen LogP contribution in [0.5, 0.6) is 0 Å². The minimum absolute atomic E-state index is 0.0230. The maximum atomic E-state index is 13.4. The zero-order valence-electron chi connectivity index (χ0n) is 18.8. The van der Waals surface area contributed by atoms with Gasteiger partial charge in [-0.05, 0) is 48.2 Å². The molecule has 0 bridgehead atoms. The summed E-state index contributed by atoms with van der Waals surface area (Å²) in [6.07, 6.45) is 1.48. The number of hydrazone groups is 1. The molecule has 1 aliphatic rings. The minimum Gasteiger partial charge on any atom is -0.271 e. The van der Waals surface area contributed by atoms with Crippen LogP contribution in [-0.4, -0.2) is 63.2 Å². The van der Waals surface area contributed by atoms with Crippen molar-refractivity contribution in [2.24, 2.45) is 5.10 Å². The lowest BCUT2D eigenvalue weighted by molar-refractivity contribution is -0.125. The Kier molecular flexibility index (Phi) is 7.47. The monoisotopic (exact) mass is 532 g/mol. The van der Waals surface area contributed by atoms with Crippen molar-refractivity contribution in [3.8, 4) is 0 Å². The Morgan fingerprint density at radius 1 is 0.943 bits per heavy atom. The van der Waals surface area contributed by atoms with Crippen molar-refractivity contribution in [3.63, 3.8) is 0 Å². The standard InChI is InChI=1S/C23H24N4O5S3/c1-18-12-15-33-22(18)16-24-25-23(28)21-17-26(34(29,30)19-8-4-2-5-9-19)13-14-27(21)35(31,32)20-10-6-3-7-11-20/h2-12,15-16,21H,13-14,17H2,1H3,(H,25,28)/b24-16-/t21-/m1/s1. The number of benzene rings is 2. The number of nitrogens with zero attached hydrogens (tertiary/aromatic N) is 3. The first-order valence-corrected chi connectivity index (χ1v) is 14.5. The van der Waals surface area contributed by atoms with Crippen molar-refractivity contribution in [3.05, 3.63) is 82.6 Å². The Morgan fingerprint density at radius 3 is 2.11 bits per heavy atom. The van der Waals surface area contributed by atoms with Crippen molar-refractivity contribution < 1.29 is 21.6 Å². The Balaban J connectivity index is 1.63. The number of nitrogens with one attached hydrogen (secondary N) is 1. The highest BCUT2D eigenvalue weighted by molar-refractivity contribution is 7.89. The maximum Gasteiger partial charge on any atom is 0.259 e. The van der Waals surface area contributed by atoms with E-state index in [4.69, 9.17) is 0 Å². The third-order valence-electron chi connectivity index (χ3n) is 5.59. The summed E-state index contributed by atoms with van der Waals surface area (Å²) in [6.45, 7) is 1.28. The summed E-state index contributed by atoms with van der Waals surface area (Å²) in [4.78, 5) is 14.1. The fraction of sp³-hybridized carbons (Fsp3) is 0.217. The highest BCUT2D eigenvalue weighted by Gasteiger charge is 2.43. The first-order valence-electron chi connectivity index (χ1n) is 10.7. The zero-order valence-corrected chi connectivity index (χ0v) is 21.3. The van der Waals surface area contributed by atoms with E-state index in [0.29, 0.717) is 0 Å². The van der Waals surface area contributed by atoms with Gasteiger partial charge in [0.15, 0.2) is 0 Å². The molecule has 0 aliphatic carbocycles. The van der Waals surface area contributed by atoms with Crippen molar-refractivity contribution in [1.82, 2.24) is 14.0 Å². The smallest absolute Gasteiger partial charge is 0.259 e. The molecule has 1 aromatic heterocycles. The van der Waals surface area contributed by atoms with E-state index >= 15 is 0 Å². The lowest BCUT2D eigenvalue weighted by Crippen LogP contribution is -2.60. The molecule has 1 aliphatic heterocycles. The normalized spacial score (nSPS) is 18.0. The fourth-order valence-corrected chi connectivity index (χ4v) is 7.51. The Bertz CT molecular complexity index is 1420. The van der Waals surface area contributed by atoms with E-state index in [1.807, 2.05) is 18.4 Å². The topological polar surface area (TPSA) is 116 Å². The number of carbonyl (C=O) groups is 1. The van der Waals surface area contributed by atoms with Gasteiger partial charge in [-0.25, -0.2) is 22.3 Å². The SMILES string of the molecule is Cc1ccsc1/C=N\NC(=O)[C@H]1CN(S(=O)(=O)c2ccccc2)CCN1S(=O)(=O)c1ccccc1. The number of piperazine rings is 1. The van der Waals surface area contributed by atoms with E-state index in [-0.39, 0.29) is 29.4 Å². The lowest BCUT2D eigenvalue weighted by Gasteiger charge is -2.38. The lowest BCUT2D eigenvalue weighted by atomic mass is 10.2. The number of amides is 1. The second-order valence-corrected chi connectivity index (χ2v) is 12.6. The molecule has 0 spiro atoms. The van der Waals surface area contributed by atoms with Crippen LogP contribution in [0.2, 0.25) is 0 Å². The van der Waals surface area contributed by atoms with Crippen LogP contribution in [0.4, 0.5) is 0 Å². The van der Waals surface area contributed by atoms with Crippen LogP contribution in [0.1, 0.15) is 10.4 Å². The Morgan fingerprint density at radius 2 is 1.54 bits per heavy atom. The molecule has 0 saturated carbocycles. The summed E-state index contributed by atoms with van der Waals surface area (Å²) in [5.74, 6) is -0.720. The molecular formula is C23H24N4O5S3. The fourth-order valence-electron chi connectivity index (χ4n) is 3.68. The van der Waals surface area contributed by atoms with Gasteiger partial charge in [0, 0.05) is 24.5 Å². The average Bonchev–Trinajstić information content (AvgIpc) is 3.29. The summed E-state index contributed by atoms with van der Waals surface area (Å²) < 4.78 is 55.3. The average molecular weight is 533 g/mol. The van der Waals surface area contributed by atoms with Crippen LogP contribution in [0.25, 0.3) is 0 Å². The number of sulfonamides is 2. The van der Waals surface area contributed by atoms with Gasteiger partial charge in [-0.15, -0.1) is 11.3 Å². The molecule has 4 rings (SSSR count). The predicted octanol–water partition coefficient (Wildman–Crippen LogP) is 2.27. The van der Waals surface area contributed by atoms with Crippen LogP contribution in [0.3, 0.4) is 0 Å². The van der Waals surface area contributed by atoms with Gasteiger partial charge in [0.05, 0.1) is 16.0 Å². The summed E-state index contributed by atoms with van der Waals surface area (Å²) in [5.41, 5.74) is 3.38. The van der Waals surface area contributed by atoms with Gasteiger partial charge in [0.1, 0.15) is 6.04 Å². The first-order chi connectivity index (χ1) is 16.7. The van der Waals surface area contributed by atoms with E-state index in [9.17, 15) is 21.6 Å². The summed E-state index contributed by atoms with van der Waals surface area (Å²) >= 11 is 1.45. The number of rotatable bonds is 7. The Hall–Kier alpha value is -2.90. The van der Waals surface area contributed by atoms with Crippen molar-refractivity contribution in [2.45, 2.75) is 22.8 Å². The summed E-state index contributed by atoms with van der Waals surface area (Å²) in [6, 6.07) is 16.2. The summed E-state index contributed by atoms with van der Waals surface area (Å²) in [5, 5.41) is 5.87. The number of thiophene rings is 1. The third kappa shape index (κ3) is 5.36. The van der Waals surface area contributed by atoms with E-state index in [1.54, 1.807) is 36.4 Å². The van der Waals surface area contributed by atoms with Crippen molar-refractivity contribution in [2.75, 3.05) is 19.6 Å². The van der Waals surface area contributed by atoms with Crippen LogP contribution in [0.15, 0.2) is 87.0 Å². The molecule has 35 heavy (non-hydrogen) atoms. The third-order valence-corrected chi connectivity index (χ3v) is 10.3. The molecule has 2 heterocycles. The summed E-state index contributed by atoms with van der Waals surface area (Å²) in [7, 11) is -7.99. The van der Waals surface area contributed by atoms with E-state index in [1.165, 1.54) is 41.8 Å². The highest BCUT2D eigenvalue weighted by Crippen LogP contribution is 2.25. The molecule has 184 valence electrons. The van der Waals surface area contributed by atoms with Crippen LogP contribution in [-0.2, 0) is 24.8 Å². The quantitative estimate of drug-likeness (QED) is 0.370. The van der Waals surface area contributed by atoms with E-state index < -0.39 is 32.0 Å². The van der Waals surface area contributed by atoms with Gasteiger partial charge in [-0.1, -0.05) is 36.4 Å². The molecule has 3 aromatic rings. The largest absolute Gasteiger partial charge is 0.271 e. The van der Waals surface area contributed by atoms with Crippen LogP contribution < -0.4 is 5.43 Å². The highest BCUT2D eigenvalue weighted by atomic mass is 32.2. The van der Waals surface area contributed by atoms with Gasteiger partial charge in [-0.2, -0.15) is 13.7 Å². The van der Waals surface area contributed by atoms with Crippen molar-refractivity contribution >= 4 is 43.5 Å². The maximum absolute atomic E-state index is 13.4. The molecule has 1 N–H and O–H groups in total. The van der Waals surface area contributed by atoms with Crippen LogP contribution in [0, 0.1) is 6.92 Å². The predicted molar refractivity (Wildman–Crippen MR) is 134 cm³/mol. The second kappa shape index (κ2) is 10.4. The number of hydrogen-bond acceptors (Lipinski definition) is 7. The van der Waals surface area contributed by atoms with E-state index in [0.717, 1.165) is 19.1 Å². The van der Waals surface area contributed by atoms with Gasteiger partial charge in [-0.3, -0.25) is 4.79 Å². The van der Waals surface area contributed by atoms with Crippen LogP contribution >= 0.6 is 11.3 Å². The van der Waals surface area contributed by atoms with Gasteiger partial charge in [0.2, 0.25) is 20.0 Å². The number of carbonyl (C=O) groups excluding carboxylic acids is 1. The zero-order chi connectivity index (χ0) is 25.1. The minimum atomic E-state index is -4.06. The molecule has 1 amide bonds. The molecule has 9 nitrogen and oxygen atoms in total. The number of hydrogen-bond donors (Lipinski definition) is 1. The van der Waals surface area contributed by atoms with Gasteiger partial charge < -0.3 is 0 Å². The van der Waals surface area contributed by atoms with E-state index in [2.05, 4.69) is 10.5 Å².